The Kier molecular flexibility index (Phi) is 5.61. The van der Waals surface area contributed by atoms with Gasteiger partial charge in [0.05, 0.1) is 5.75 Å². The van der Waals surface area contributed by atoms with Gasteiger partial charge in [-0.1, -0.05) is 36.7 Å². The van der Waals surface area contributed by atoms with E-state index < -0.39 is 0 Å². The zero-order valence-electron chi connectivity index (χ0n) is 12.2. The number of benzene rings is 1. The van der Waals surface area contributed by atoms with E-state index in [0.717, 1.165) is 24.7 Å². The first-order valence-corrected chi connectivity index (χ1v) is 7.90. The van der Waals surface area contributed by atoms with Gasteiger partial charge in [0.25, 0.3) is 0 Å². The van der Waals surface area contributed by atoms with Gasteiger partial charge in [0.1, 0.15) is 0 Å². The molecule has 0 bridgehead atoms. The average molecular weight is 291 g/mol. The molecule has 2 rings (SSSR count). The number of nitrogens with one attached hydrogen (secondary N) is 1. The molecule has 108 valence electrons. The van der Waals surface area contributed by atoms with Crippen LogP contribution in [-0.4, -0.2) is 23.2 Å². The van der Waals surface area contributed by atoms with Crippen LogP contribution in [-0.2, 0) is 5.75 Å². The molecule has 0 amide bonds. The summed E-state index contributed by atoms with van der Waals surface area (Å²) in [5.74, 6) is 2.46. The van der Waals surface area contributed by atoms with Crippen LogP contribution in [0.5, 0.6) is 0 Å². The Balaban J connectivity index is 1.87. The van der Waals surface area contributed by atoms with E-state index in [1.807, 2.05) is 0 Å². The number of hydrogen-bond acceptors (Lipinski definition) is 5. The molecule has 0 aliphatic heterocycles. The molecule has 1 unspecified atom stereocenters. The van der Waals surface area contributed by atoms with Gasteiger partial charge >= 0.3 is 0 Å². The highest BCUT2D eigenvalue weighted by Gasteiger charge is 2.13. The Morgan fingerprint density at radius 3 is 2.75 bits per heavy atom. The lowest BCUT2D eigenvalue weighted by molar-refractivity contribution is 0.352. The molecule has 0 aliphatic rings. The lowest BCUT2D eigenvalue weighted by Crippen LogP contribution is -2.19. The third-order valence-corrected chi connectivity index (χ3v) is 4.00. The van der Waals surface area contributed by atoms with Crippen LogP contribution in [0.4, 0.5) is 0 Å². The number of likely N-dealkylation sites (N-methyl/N-ethyl adjacent to an activating group) is 1. The fraction of sp³-hybridized carbons (Fsp3) is 0.467. The van der Waals surface area contributed by atoms with Gasteiger partial charge < -0.3 is 9.84 Å². The molecule has 1 aromatic heterocycles. The van der Waals surface area contributed by atoms with Gasteiger partial charge in [0.15, 0.2) is 5.82 Å². The Labute approximate surface area is 124 Å². The van der Waals surface area contributed by atoms with Crippen LogP contribution in [0.2, 0.25) is 0 Å². The first-order valence-electron chi connectivity index (χ1n) is 6.91. The lowest BCUT2D eigenvalue weighted by Gasteiger charge is -2.05. The van der Waals surface area contributed by atoms with E-state index in [-0.39, 0.29) is 5.92 Å². The zero-order valence-corrected chi connectivity index (χ0v) is 13.0. The molecule has 2 aromatic rings. The summed E-state index contributed by atoms with van der Waals surface area (Å²) >= 11 is 1.72. The molecule has 1 N–H and O–H groups in total. The molecular weight excluding hydrogens is 270 g/mol. The molecule has 5 heteroatoms. The molecular formula is C15H21N3OS. The molecule has 1 heterocycles. The van der Waals surface area contributed by atoms with E-state index in [1.165, 1.54) is 10.5 Å². The molecule has 0 saturated heterocycles. The summed E-state index contributed by atoms with van der Waals surface area (Å²) < 4.78 is 5.32. The molecule has 20 heavy (non-hydrogen) atoms. The maximum atomic E-state index is 5.32. The van der Waals surface area contributed by atoms with Gasteiger partial charge in [-0.05, 0) is 25.6 Å². The number of thioether (sulfide) groups is 1. The van der Waals surface area contributed by atoms with Crippen LogP contribution in [0.1, 0.15) is 37.0 Å². The molecule has 4 nitrogen and oxygen atoms in total. The van der Waals surface area contributed by atoms with E-state index in [1.54, 1.807) is 11.8 Å². The van der Waals surface area contributed by atoms with E-state index in [9.17, 15) is 0 Å². The van der Waals surface area contributed by atoms with Crippen molar-refractivity contribution in [3.8, 4) is 0 Å². The predicted molar refractivity (Wildman–Crippen MR) is 82.0 cm³/mol. The standard InChI is InChI=1S/C15H21N3OS/c1-4-16-9-12(3)15-17-14(18-19-15)10-20-13-7-5-11(2)6-8-13/h5-8,12,16H,4,9-10H2,1-3H3. The van der Waals surface area contributed by atoms with Crippen LogP contribution >= 0.6 is 11.8 Å². The Hall–Kier alpha value is -1.33. The van der Waals surface area contributed by atoms with Crippen LogP contribution < -0.4 is 5.32 Å². The van der Waals surface area contributed by atoms with Crippen molar-refractivity contribution in [1.29, 1.82) is 0 Å². The van der Waals surface area contributed by atoms with Crippen molar-refractivity contribution in [3.63, 3.8) is 0 Å². The number of aromatic nitrogens is 2. The second-order valence-electron chi connectivity index (χ2n) is 4.86. The van der Waals surface area contributed by atoms with Crippen LogP contribution in [0.15, 0.2) is 33.7 Å². The minimum atomic E-state index is 0.251. The first kappa shape index (κ1) is 15.1. The quantitative estimate of drug-likeness (QED) is 0.793. The minimum Gasteiger partial charge on any atom is -0.339 e. The topological polar surface area (TPSA) is 51.0 Å². The minimum absolute atomic E-state index is 0.251. The number of rotatable bonds is 7. The largest absolute Gasteiger partial charge is 0.339 e. The summed E-state index contributed by atoms with van der Waals surface area (Å²) in [7, 11) is 0. The van der Waals surface area contributed by atoms with E-state index in [4.69, 9.17) is 4.52 Å². The highest BCUT2D eigenvalue weighted by atomic mass is 32.2. The summed E-state index contributed by atoms with van der Waals surface area (Å²) in [6.45, 7) is 8.08. The van der Waals surface area contributed by atoms with E-state index in [2.05, 4.69) is 60.5 Å². The van der Waals surface area contributed by atoms with Crippen molar-refractivity contribution < 1.29 is 4.52 Å². The molecule has 0 radical (unpaired) electrons. The third-order valence-electron chi connectivity index (χ3n) is 2.99. The van der Waals surface area contributed by atoms with Crippen molar-refractivity contribution in [2.24, 2.45) is 0 Å². The first-order chi connectivity index (χ1) is 9.69. The molecule has 1 aromatic carbocycles. The van der Waals surface area contributed by atoms with Crippen molar-refractivity contribution in [1.82, 2.24) is 15.5 Å². The summed E-state index contributed by atoms with van der Waals surface area (Å²) in [5.41, 5.74) is 1.27. The highest BCUT2D eigenvalue weighted by Crippen LogP contribution is 2.22. The predicted octanol–water partition coefficient (Wildman–Crippen LogP) is 3.38. The summed E-state index contributed by atoms with van der Waals surface area (Å²) in [4.78, 5) is 5.68. The number of hydrogen-bond donors (Lipinski definition) is 1. The average Bonchev–Trinajstić information content (AvgIpc) is 2.93. The van der Waals surface area contributed by atoms with Crippen molar-refractivity contribution in [2.45, 2.75) is 37.3 Å². The summed E-state index contributed by atoms with van der Waals surface area (Å²) in [5, 5.41) is 7.33. The maximum Gasteiger partial charge on any atom is 0.230 e. The summed E-state index contributed by atoms with van der Waals surface area (Å²) in [6, 6.07) is 8.47. The van der Waals surface area contributed by atoms with Gasteiger partial charge in [0.2, 0.25) is 5.89 Å². The van der Waals surface area contributed by atoms with E-state index >= 15 is 0 Å². The Morgan fingerprint density at radius 1 is 1.30 bits per heavy atom. The second kappa shape index (κ2) is 7.45. The Bertz CT molecular complexity index is 524. The maximum absolute atomic E-state index is 5.32. The number of nitrogens with zero attached hydrogens (tertiary/aromatic N) is 2. The fourth-order valence-electron chi connectivity index (χ4n) is 1.76. The molecule has 0 spiro atoms. The van der Waals surface area contributed by atoms with Gasteiger partial charge in [-0.2, -0.15) is 4.98 Å². The Morgan fingerprint density at radius 2 is 2.05 bits per heavy atom. The van der Waals surface area contributed by atoms with Crippen LogP contribution in [0.25, 0.3) is 0 Å². The van der Waals surface area contributed by atoms with Gasteiger partial charge in [-0.25, -0.2) is 0 Å². The zero-order chi connectivity index (χ0) is 14.4. The number of aryl methyl sites for hydroxylation is 1. The second-order valence-corrected chi connectivity index (χ2v) is 5.91. The third kappa shape index (κ3) is 4.35. The van der Waals surface area contributed by atoms with Crippen molar-refractivity contribution >= 4 is 11.8 Å². The molecule has 1 atom stereocenters. The molecule has 0 fully saturated rings. The van der Waals surface area contributed by atoms with Crippen LogP contribution in [0.3, 0.4) is 0 Å². The van der Waals surface area contributed by atoms with Gasteiger partial charge in [-0.3, -0.25) is 0 Å². The normalized spacial score (nSPS) is 12.6. The van der Waals surface area contributed by atoms with E-state index in [0.29, 0.717) is 5.89 Å². The monoisotopic (exact) mass is 291 g/mol. The van der Waals surface area contributed by atoms with Crippen LogP contribution in [0, 0.1) is 6.92 Å². The van der Waals surface area contributed by atoms with Crippen molar-refractivity contribution in [3.05, 3.63) is 41.5 Å². The SMILES string of the molecule is CCNCC(C)c1nc(CSc2ccc(C)cc2)no1. The van der Waals surface area contributed by atoms with Crippen molar-refractivity contribution in [2.75, 3.05) is 13.1 Å². The molecule has 0 saturated carbocycles. The highest BCUT2D eigenvalue weighted by molar-refractivity contribution is 7.98. The summed E-state index contributed by atoms with van der Waals surface area (Å²) in [6.07, 6.45) is 0. The smallest absolute Gasteiger partial charge is 0.230 e. The van der Waals surface area contributed by atoms with Gasteiger partial charge in [0, 0.05) is 17.4 Å². The fourth-order valence-corrected chi connectivity index (χ4v) is 2.50. The molecule has 0 aliphatic carbocycles. The lowest BCUT2D eigenvalue weighted by atomic mass is 10.2. The van der Waals surface area contributed by atoms with Gasteiger partial charge in [-0.15, -0.1) is 11.8 Å².